The average molecular weight is 279 g/mol. The van der Waals surface area contributed by atoms with Gasteiger partial charge in [-0.2, -0.15) is 0 Å². The van der Waals surface area contributed by atoms with E-state index in [1.54, 1.807) is 0 Å². The van der Waals surface area contributed by atoms with Crippen LogP contribution in [0.25, 0.3) is 0 Å². The number of benzene rings is 1. The fourth-order valence-electron chi connectivity index (χ4n) is 1.63. The van der Waals surface area contributed by atoms with Gasteiger partial charge in [0.25, 0.3) is 0 Å². The molecule has 0 aliphatic heterocycles. The summed E-state index contributed by atoms with van der Waals surface area (Å²) in [6.07, 6.45) is 1.76. The lowest BCUT2D eigenvalue weighted by molar-refractivity contribution is 0.592. The summed E-state index contributed by atoms with van der Waals surface area (Å²) in [7, 11) is -3.60. The first kappa shape index (κ1) is 12.4. The third kappa shape index (κ3) is 2.32. The predicted molar refractivity (Wildman–Crippen MR) is 65.0 cm³/mol. The van der Waals surface area contributed by atoms with E-state index in [1.807, 2.05) is 0 Å². The number of hydrogen-bond acceptors (Lipinski definition) is 4. The van der Waals surface area contributed by atoms with Crippen molar-refractivity contribution in [1.82, 2.24) is 0 Å². The number of sulfone groups is 1. The molecular weight excluding hydrogens is 267 g/mol. The summed E-state index contributed by atoms with van der Waals surface area (Å²) in [5, 5.41) is -0.317. The molecule has 0 atom stereocenters. The molecule has 94 valence electrons. The summed E-state index contributed by atoms with van der Waals surface area (Å²) in [6.45, 7) is 0. The second-order valence-electron chi connectivity index (χ2n) is 4.23. The number of nitrogens with two attached hydrogens (primary N) is 2. The molecule has 0 heterocycles. The van der Waals surface area contributed by atoms with Crippen LogP contribution in [0.4, 0.5) is 15.8 Å². The van der Waals surface area contributed by atoms with Crippen molar-refractivity contribution < 1.29 is 12.8 Å². The van der Waals surface area contributed by atoms with E-state index in [1.165, 1.54) is 0 Å². The van der Waals surface area contributed by atoms with Gasteiger partial charge in [0.15, 0.2) is 9.84 Å². The number of nitrogen functional groups attached to an aromatic ring is 2. The zero-order valence-corrected chi connectivity index (χ0v) is 10.5. The van der Waals surface area contributed by atoms with Crippen LogP contribution >= 0.6 is 11.6 Å². The molecule has 1 saturated carbocycles. The Bertz CT molecular complexity index is 570. The topological polar surface area (TPSA) is 86.2 Å². The minimum Gasteiger partial charge on any atom is -0.398 e. The molecule has 0 spiro atoms. The van der Waals surface area contributed by atoms with Gasteiger partial charge in [0.1, 0.15) is 10.7 Å². The van der Waals surface area contributed by atoms with Crippen LogP contribution in [0.1, 0.15) is 12.8 Å². The van der Waals surface area contributed by atoms with Crippen LogP contribution in [-0.4, -0.2) is 14.2 Å². The highest BCUT2D eigenvalue weighted by atomic mass is 35.5. The van der Waals surface area contributed by atoms with Crippen molar-refractivity contribution >= 4 is 32.8 Å². The maximum Gasteiger partial charge on any atom is 0.182 e. The Balaban J connectivity index is 2.54. The Morgan fingerprint density at radius 2 is 2.00 bits per heavy atom. The van der Waals surface area contributed by atoms with Gasteiger partial charge in [-0.3, -0.25) is 0 Å². The normalized spacial score (nSPS) is 16.1. The molecule has 1 fully saturated rings. The van der Waals surface area contributed by atoms with Gasteiger partial charge in [-0.15, -0.1) is 0 Å². The largest absolute Gasteiger partial charge is 0.398 e. The van der Waals surface area contributed by atoms with Crippen molar-refractivity contribution in [1.29, 1.82) is 0 Å². The summed E-state index contributed by atoms with van der Waals surface area (Å²) >= 11 is 5.77. The first-order valence-corrected chi connectivity index (χ1v) is 7.11. The van der Waals surface area contributed by atoms with Gasteiger partial charge < -0.3 is 11.5 Å². The lowest BCUT2D eigenvalue weighted by Gasteiger charge is -2.11. The number of hydrogen-bond donors (Lipinski definition) is 2. The molecule has 17 heavy (non-hydrogen) atoms. The van der Waals surface area contributed by atoms with Crippen molar-refractivity contribution in [2.75, 3.05) is 17.2 Å². The first-order valence-electron chi connectivity index (χ1n) is 5.08. The SMILES string of the molecule is Nc1cc(F)c(N)c(Cl)c1S(=O)(=O)CC1CC1. The second-order valence-corrected chi connectivity index (χ2v) is 6.58. The summed E-state index contributed by atoms with van der Waals surface area (Å²) < 4.78 is 37.3. The first-order chi connectivity index (χ1) is 7.83. The smallest absolute Gasteiger partial charge is 0.182 e. The summed E-state index contributed by atoms with van der Waals surface area (Å²) in [4.78, 5) is -0.245. The minimum absolute atomic E-state index is 0.0119. The summed E-state index contributed by atoms with van der Waals surface area (Å²) in [5.74, 6) is -0.665. The highest BCUT2D eigenvalue weighted by Crippen LogP contribution is 2.38. The molecule has 2 rings (SSSR count). The highest BCUT2D eigenvalue weighted by Gasteiger charge is 2.32. The Hall–Kier alpha value is -1.01. The molecule has 0 unspecified atom stereocenters. The maximum atomic E-state index is 13.2. The van der Waals surface area contributed by atoms with Gasteiger partial charge >= 0.3 is 0 Å². The molecule has 1 aliphatic carbocycles. The van der Waals surface area contributed by atoms with Crippen LogP contribution in [0.5, 0.6) is 0 Å². The Kier molecular flexibility index (Phi) is 2.95. The van der Waals surface area contributed by atoms with Crippen molar-refractivity contribution in [2.45, 2.75) is 17.7 Å². The van der Waals surface area contributed by atoms with Crippen LogP contribution in [0.3, 0.4) is 0 Å². The molecule has 7 heteroatoms. The third-order valence-corrected chi connectivity index (χ3v) is 5.18. The quantitative estimate of drug-likeness (QED) is 0.652. The van der Waals surface area contributed by atoms with E-state index in [-0.39, 0.29) is 33.0 Å². The number of rotatable bonds is 3. The van der Waals surface area contributed by atoms with Crippen LogP contribution in [0.2, 0.25) is 5.02 Å². The second kappa shape index (κ2) is 4.03. The summed E-state index contributed by atoms with van der Waals surface area (Å²) in [5.41, 5.74) is 10.3. The number of halogens is 2. The zero-order chi connectivity index (χ0) is 12.8. The zero-order valence-electron chi connectivity index (χ0n) is 8.91. The van der Waals surface area contributed by atoms with Gasteiger partial charge in [0.05, 0.1) is 22.2 Å². The van der Waals surface area contributed by atoms with Crippen LogP contribution in [-0.2, 0) is 9.84 Å². The van der Waals surface area contributed by atoms with E-state index in [0.29, 0.717) is 0 Å². The van der Waals surface area contributed by atoms with Gasteiger partial charge in [-0.05, 0) is 18.8 Å². The van der Waals surface area contributed by atoms with E-state index in [0.717, 1.165) is 18.9 Å². The average Bonchev–Trinajstić information content (AvgIpc) is 2.96. The van der Waals surface area contributed by atoms with Gasteiger partial charge in [0, 0.05) is 6.07 Å². The lowest BCUT2D eigenvalue weighted by Crippen LogP contribution is -2.13. The fourth-order valence-corrected chi connectivity index (χ4v) is 4.10. The van der Waals surface area contributed by atoms with Crippen molar-refractivity contribution in [3.63, 3.8) is 0 Å². The minimum atomic E-state index is -3.60. The van der Waals surface area contributed by atoms with Crippen LogP contribution in [0, 0.1) is 11.7 Å². The maximum absolute atomic E-state index is 13.2. The Morgan fingerprint density at radius 1 is 1.41 bits per heavy atom. The van der Waals surface area contributed by atoms with Crippen molar-refractivity contribution in [3.8, 4) is 0 Å². The van der Waals surface area contributed by atoms with Crippen LogP contribution < -0.4 is 11.5 Å². The molecule has 0 radical (unpaired) electrons. The monoisotopic (exact) mass is 278 g/mol. The molecule has 0 bridgehead atoms. The standard InChI is InChI=1S/C10H12ClFN2O2S/c11-8-9(14)6(12)3-7(13)10(8)17(15,16)4-5-1-2-5/h3,5H,1-2,4,13-14H2. The van der Waals surface area contributed by atoms with Gasteiger partial charge in [-0.25, -0.2) is 12.8 Å². The van der Waals surface area contributed by atoms with E-state index < -0.39 is 15.7 Å². The number of anilines is 2. The molecule has 1 aromatic rings. The molecule has 0 aromatic heterocycles. The molecule has 0 saturated heterocycles. The predicted octanol–water partition coefficient (Wildman–Crippen LogP) is 1.83. The molecule has 1 aliphatic rings. The Morgan fingerprint density at radius 3 is 2.53 bits per heavy atom. The van der Waals surface area contributed by atoms with Crippen molar-refractivity contribution in [3.05, 3.63) is 16.9 Å². The molecule has 4 nitrogen and oxygen atoms in total. The fraction of sp³-hybridized carbons (Fsp3) is 0.400. The van der Waals surface area contributed by atoms with Crippen LogP contribution in [0.15, 0.2) is 11.0 Å². The lowest BCUT2D eigenvalue weighted by atomic mass is 10.3. The van der Waals surface area contributed by atoms with E-state index in [9.17, 15) is 12.8 Å². The van der Waals surface area contributed by atoms with E-state index in [4.69, 9.17) is 23.1 Å². The highest BCUT2D eigenvalue weighted by molar-refractivity contribution is 7.91. The molecule has 0 amide bonds. The van der Waals surface area contributed by atoms with Gasteiger partial charge in [0.2, 0.25) is 0 Å². The molecule has 1 aromatic carbocycles. The van der Waals surface area contributed by atoms with Gasteiger partial charge in [-0.1, -0.05) is 11.6 Å². The van der Waals surface area contributed by atoms with E-state index >= 15 is 0 Å². The van der Waals surface area contributed by atoms with Crippen molar-refractivity contribution in [2.24, 2.45) is 5.92 Å². The summed E-state index contributed by atoms with van der Waals surface area (Å²) in [6, 6.07) is 0.890. The molecule has 4 N–H and O–H groups in total. The Labute approximate surface area is 104 Å². The molecular formula is C10H12ClFN2O2S. The third-order valence-electron chi connectivity index (χ3n) is 2.70. The van der Waals surface area contributed by atoms with E-state index in [2.05, 4.69) is 0 Å².